The molecular weight excluding hydrogens is 248 g/mol. The topological polar surface area (TPSA) is 99.4 Å². The molecule has 1 aromatic carbocycles. The van der Waals surface area contributed by atoms with E-state index in [0.29, 0.717) is 5.69 Å². The summed E-state index contributed by atoms with van der Waals surface area (Å²) in [4.78, 5) is 23.7. The molecule has 0 spiro atoms. The van der Waals surface area contributed by atoms with Gasteiger partial charge in [-0.2, -0.15) is 5.26 Å². The molecule has 0 bridgehead atoms. The van der Waals surface area contributed by atoms with Crippen LogP contribution < -0.4 is 5.32 Å². The number of amides is 1. The monoisotopic (exact) mass is 260 g/mol. The van der Waals surface area contributed by atoms with Crippen molar-refractivity contribution in [2.45, 2.75) is 12.5 Å². The van der Waals surface area contributed by atoms with Gasteiger partial charge in [-0.1, -0.05) is 18.2 Å². The molecule has 2 N–H and O–H groups in total. The maximum Gasteiger partial charge on any atom is 0.327 e. The van der Waals surface area contributed by atoms with Crippen LogP contribution in [0, 0.1) is 17.2 Å². The second kappa shape index (κ2) is 4.71. The van der Waals surface area contributed by atoms with Gasteiger partial charge in [0, 0.05) is 11.3 Å². The number of anilines is 1. The Balaban J connectivity index is 2.50. The number of aliphatic hydroxyl groups is 1. The summed E-state index contributed by atoms with van der Waals surface area (Å²) in [5.74, 6) is -3.32. The number of benzene rings is 1. The van der Waals surface area contributed by atoms with E-state index in [0.717, 1.165) is 0 Å². The number of hydrogen-bond donors (Lipinski definition) is 2. The Morgan fingerprint density at radius 3 is 2.89 bits per heavy atom. The zero-order valence-electron chi connectivity index (χ0n) is 10.2. The fraction of sp³-hybridized carbons (Fsp3) is 0.308. The number of rotatable bonds is 3. The lowest BCUT2D eigenvalue weighted by Gasteiger charge is -2.24. The summed E-state index contributed by atoms with van der Waals surface area (Å²) in [6.45, 7) is 1.65. The SMILES string of the molecule is CCOC(=O)[C@H](C#N)[C@@]1(O)C(=O)Nc2ccccc21. The number of nitriles is 1. The van der Waals surface area contributed by atoms with E-state index in [1.807, 2.05) is 0 Å². The molecule has 98 valence electrons. The molecule has 1 aliphatic heterocycles. The van der Waals surface area contributed by atoms with Gasteiger partial charge in [0.25, 0.3) is 5.91 Å². The number of nitrogens with one attached hydrogen (secondary N) is 1. The number of para-hydroxylation sites is 1. The lowest BCUT2D eigenvalue weighted by Crippen LogP contribution is -2.45. The molecule has 0 radical (unpaired) electrons. The molecule has 0 saturated carbocycles. The van der Waals surface area contributed by atoms with Crippen molar-refractivity contribution in [3.05, 3.63) is 29.8 Å². The Kier molecular flexibility index (Phi) is 3.23. The van der Waals surface area contributed by atoms with Crippen LogP contribution in [0.3, 0.4) is 0 Å². The standard InChI is InChI=1S/C13H12N2O4/c1-2-19-11(16)9(7-14)13(18)8-5-3-4-6-10(8)15-12(13)17/h3-6,9,18H,2H2,1H3,(H,15,17)/t9-,13+/m0/s1. The van der Waals surface area contributed by atoms with Crippen molar-refractivity contribution in [2.75, 3.05) is 11.9 Å². The summed E-state index contributed by atoms with van der Waals surface area (Å²) in [5.41, 5.74) is -1.61. The number of fused-ring (bicyclic) bond motifs is 1. The molecule has 1 heterocycles. The number of carbonyl (C=O) groups is 2. The van der Waals surface area contributed by atoms with Gasteiger partial charge >= 0.3 is 5.97 Å². The Labute approximate surface area is 109 Å². The predicted octanol–water partition coefficient (Wildman–Crippen LogP) is 0.529. The molecule has 1 amide bonds. The minimum atomic E-state index is -2.21. The highest BCUT2D eigenvalue weighted by Crippen LogP contribution is 2.41. The molecule has 0 fully saturated rings. The Morgan fingerprint density at radius 2 is 2.26 bits per heavy atom. The summed E-state index contributed by atoms with van der Waals surface area (Å²) in [6, 6.07) is 8.03. The van der Waals surface area contributed by atoms with Crippen molar-refractivity contribution in [3.8, 4) is 6.07 Å². The number of esters is 1. The van der Waals surface area contributed by atoms with Gasteiger partial charge in [-0.25, -0.2) is 0 Å². The Morgan fingerprint density at radius 1 is 1.58 bits per heavy atom. The highest BCUT2D eigenvalue weighted by Gasteiger charge is 2.55. The van der Waals surface area contributed by atoms with E-state index in [-0.39, 0.29) is 12.2 Å². The third-order valence-corrected chi connectivity index (χ3v) is 3.00. The molecule has 0 saturated heterocycles. The first-order valence-electron chi connectivity index (χ1n) is 5.75. The number of hydrogen-bond acceptors (Lipinski definition) is 5. The molecule has 6 heteroatoms. The highest BCUT2D eigenvalue weighted by atomic mass is 16.5. The summed E-state index contributed by atoms with van der Waals surface area (Å²) < 4.78 is 4.73. The van der Waals surface area contributed by atoms with E-state index in [4.69, 9.17) is 10.00 Å². The van der Waals surface area contributed by atoms with Crippen LogP contribution in [0.2, 0.25) is 0 Å². The van der Waals surface area contributed by atoms with Crippen molar-refractivity contribution in [1.82, 2.24) is 0 Å². The summed E-state index contributed by atoms with van der Waals surface area (Å²) in [5, 5.41) is 22.1. The van der Waals surface area contributed by atoms with Crippen LogP contribution in [-0.4, -0.2) is 23.6 Å². The summed E-state index contributed by atoms with van der Waals surface area (Å²) >= 11 is 0. The van der Waals surface area contributed by atoms with Crippen LogP contribution in [0.25, 0.3) is 0 Å². The fourth-order valence-corrected chi connectivity index (χ4v) is 2.09. The van der Waals surface area contributed by atoms with Gasteiger partial charge < -0.3 is 15.2 Å². The minimum absolute atomic E-state index is 0.0658. The van der Waals surface area contributed by atoms with Crippen LogP contribution in [-0.2, 0) is 19.9 Å². The van der Waals surface area contributed by atoms with Crippen molar-refractivity contribution in [3.63, 3.8) is 0 Å². The fourth-order valence-electron chi connectivity index (χ4n) is 2.09. The smallest absolute Gasteiger partial charge is 0.327 e. The van der Waals surface area contributed by atoms with E-state index < -0.39 is 23.4 Å². The molecular formula is C13H12N2O4. The van der Waals surface area contributed by atoms with Gasteiger partial charge in [-0.15, -0.1) is 0 Å². The molecule has 0 unspecified atom stereocenters. The molecule has 0 aromatic heterocycles. The van der Waals surface area contributed by atoms with Crippen LogP contribution in [0.5, 0.6) is 0 Å². The number of ether oxygens (including phenoxy) is 1. The van der Waals surface area contributed by atoms with E-state index in [1.165, 1.54) is 6.07 Å². The van der Waals surface area contributed by atoms with Crippen molar-refractivity contribution in [2.24, 2.45) is 5.92 Å². The maximum atomic E-state index is 11.9. The third kappa shape index (κ3) is 1.84. The Hall–Kier alpha value is -2.39. The van der Waals surface area contributed by atoms with E-state index >= 15 is 0 Å². The van der Waals surface area contributed by atoms with Gasteiger partial charge in [0.05, 0.1) is 12.7 Å². The molecule has 6 nitrogen and oxygen atoms in total. The van der Waals surface area contributed by atoms with E-state index in [9.17, 15) is 14.7 Å². The second-order valence-electron chi connectivity index (χ2n) is 4.08. The van der Waals surface area contributed by atoms with Crippen molar-refractivity contribution in [1.29, 1.82) is 5.26 Å². The zero-order chi connectivity index (χ0) is 14.0. The van der Waals surface area contributed by atoms with Gasteiger partial charge in [-0.05, 0) is 13.0 Å². The molecule has 1 aromatic rings. The zero-order valence-corrected chi connectivity index (χ0v) is 10.2. The minimum Gasteiger partial charge on any atom is -0.465 e. The predicted molar refractivity (Wildman–Crippen MR) is 64.7 cm³/mol. The largest absolute Gasteiger partial charge is 0.465 e. The molecule has 0 aliphatic carbocycles. The second-order valence-corrected chi connectivity index (χ2v) is 4.08. The van der Waals surface area contributed by atoms with E-state index in [2.05, 4.69) is 5.32 Å². The summed E-state index contributed by atoms with van der Waals surface area (Å²) in [6.07, 6.45) is 0. The number of nitrogens with zero attached hydrogens (tertiary/aromatic N) is 1. The number of carbonyl (C=O) groups excluding carboxylic acids is 2. The third-order valence-electron chi connectivity index (χ3n) is 3.00. The first-order valence-corrected chi connectivity index (χ1v) is 5.75. The van der Waals surface area contributed by atoms with Crippen molar-refractivity contribution < 1.29 is 19.4 Å². The first kappa shape index (κ1) is 13.1. The molecule has 2 rings (SSSR count). The average Bonchev–Trinajstić information content (AvgIpc) is 2.64. The normalized spacial score (nSPS) is 22.1. The van der Waals surface area contributed by atoms with Gasteiger partial charge in [0.2, 0.25) is 0 Å². The maximum absolute atomic E-state index is 11.9. The lowest BCUT2D eigenvalue weighted by atomic mass is 9.83. The van der Waals surface area contributed by atoms with Gasteiger partial charge in [0.15, 0.2) is 11.5 Å². The lowest BCUT2D eigenvalue weighted by molar-refractivity contribution is -0.160. The summed E-state index contributed by atoms with van der Waals surface area (Å²) in [7, 11) is 0. The van der Waals surface area contributed by atoms with E-state index in [1.54, 1.807) is 31.2 Å². The highest BCUT2D eigenvalue weighted by molar-refractivity contribution is 6.07. The molecule has 19 heavy (non-hydrogen) atoms. The average molecular weight is 260 g/mol. The Bertz CT molecular complexity index is 578. The first-order chi connectivity index (χ1) is 9.05. The van der Waals surface area contributed by atoms with Crippen LogP contribution in [0.15, 0.2) is 24.3 Å². The van der Waals surface area contributed by atoms with Gasteiger partial charge in [-0.3, -0.25) is 9.59 Å². The van der Waals surface area contributed by atoms with Crippen molar-refractivity contribution >= 4 is 17.6 Å². The van der Waals surface area contributed by atoms with Crippen LogP contribution in [0.4, 0.5) is 5.69 Å². The quantitative estimate of drug-likeness (QED) is 0.772. The van der Waals surface area contributed by atoms with Crippen LogP contribution >= 0.6 is 0 Å². The molecule has 2 atom stereocenters. The van der Waals surface area contributed by atoms with Crippen LogP contribution in [0.1, 0.15) is 12.5 Å². The molecule has 1 aliphatic rings. The van der Waals surface area contributed by atoms with Gasteiger partial charge in [0.1, 0.15) is 0 Å².